The Bertz CT molecular complexity index is 1130. The largest absolute Gasteiger partial charge is 0.332 e. The summed E-state index contributed by atoms with van der Waals surface area (Å²) in [6, 6.07) is 16.3. The van der Waals surface area contributed by atoms with Crippen LogP contribution in [0.25, 0.3) is 0 Å². The van der Waals surface area contributed by atoms with Gasteiger partial charge in [-0.1, -0.05) is 37.3 Å². The number of aryl methyl sites for hydroxylation is 1. The number of thiophene rings is 1. The molecule has 0 atom stereocenters. The number of hydrogen-bond donors (Lipinski definition) is 0. The number of rotatable bonds is 10. The number of carbonyl (C=O) groups is 1. The van der Waals surface area contributed by atoms with Crippen molar-refractivity contribution in [2.24, 2.45) is 0 Å². The van der Waals surface area contributed by atoms with Crippen LogP contribution >= 0.6 is 11.3 Å². The number of nitrogens with zero attached hydrogens (tertiary/aromatic N) is 2. The van der Waals surface area contributed by atoms with Gasteiger partial charge in [-0.15, -0.1) is 11.3 Å². The van der Waals surface area contributed by atoms with E-state index in [9.17, 15) is 17.6 Å². The molecule has 0 aliphatic carbocycles. The smallest absolute Gasteiger partial charge is 0.243 e. The lowest BCUT2D eigenvalue weighted by molar-refractivity contribution is -0.132. The fourth-order valence-corrected chi connectivity index (χ4v) is 5.72. The second-order valence-corrected chi connectivity index (χ2v) is 10.5. The van der Waals surface area contributed by atoms with Gasteiger partial charge in [-0.25, -0.2) is 12.8 Å². The molecule has 0 radical (unpaired) electrons. The second kappa shape index (κ2) is 10.8. The highest BCUT2D eigenvalue weighted by molar-refractivity contribution is 7.89. The van der Waals surface area contributed by atoms with Crippen LogP contribution in [-0.4, -0.2) is 36.6 Å². The van der Waals surface area contributed by atoms with Crippen molar-refractivity contribution in [3.63, 3.8) is 0 Å². The van der Waals surface area contributed by atoms with Crippen LogP contribution in [-0.2, 0) is 27.9 Å². The summed E-state index contributed by atoms with van der Waals surface area (Å²) in [4.78, 5) is 16.1. The molecule has 0 saturated carbocycles. The van der Waals surface area contributed by atoms with Crippen molar-refractivity contribution in [2.75, 3.05) is 13.1 Å². The second-order valence-electron chi connectivity index (χ2n) is 7.55. The van der Waals surface area contributed by atoms with Crippen molar-refractivity contribution in [2.45, 2.75) is 38.3 Å². The maximum Gasteiger partial charge on any atom is 0.243 e. The molecule has 1 aromatic heterocycles. The minimum atomic E-state index is -3.93. The summed E-state index contributed by atoms with van der Waals surface area (Å²) in [6.45, 7) is 4.57. The number of sulfonamides is 1. The first-order valence-corrected chi connectivity index (χ1v) is 12.7. The molecule has 0 saturated heterocycles. The van der Waals surface area contributed by atoms with Gasteiger partial charge in [0, 0.05) is 18.0 Å². The van der Waals surface area contributed by atoms with Gasteiger partial charge < -0.3 is 4.90 Å². The summed E-state index contributed by atoms with van der Waals surface area (Å²) >= 11 is 1.58. The van der Waals surface area contributed by atoms with Gasteiger partial charge in [-0.05, 0) is 60.2 Å². The van der Waals surface area contributed by atoms with E-state index in [0.717, 1.165) is 28.1 Å². The van der Waals surface area contributed by atoms with Gasteiger partial charge in [0.15, 0.2) is 0 Å². The number of benzene rings is 2. The van der Waals surface area contributed by atoms with Gasteiger partial charge in [0.1, 0.15) is 5.82 Å². The van der Waals surface area contributed by atoms with Crippen molar-refractivity contribution in [1.29, 1.82) is 0 Å². The number of carbonyl (C=O) groups excluding carboxylic acids is 1. The van der Waals surface area contributed by atoms with Gasteiger partial charge in [0.2, 0.25) is 15.9 Å². The van der Waals surface area contributed by atoms with Crippen molar-refractivity contribution in [1.82, 2.24) is 9.21 Å². The number of halogens is 1. The zero-order valence-corrected chi connectivity index (χ0v) is 19.8. The minimum Gasteiger partial charge on any atom is -0.332 e. The molecular weight excluding hydrogens is 447 g/mol. The molecule has 3 rings (SSSR count). The van der Waals surface area contributed by atoms with Crippen LogP contribution in [0.4, 0.5) is 4.39 Å². The monoisotopic (exact) mass is 474 g/mol. The van der Waals surface area contributed by atoms with Crippen LogP contribution in [0, 0.1) is 12.7 Å². The highest BCUT2D eigenvalue weighted by atomic mass is 32.2. The Morgan fingerprint density at radius 2 is 1.69 bits per heavy atom. The maximum absolute atomic E-state index is 13.4. The van der Waals surface area contributed by atoms with Crippen LogP contribution < -0.4 is 0 Å². The Labute approximate surface area is 193 Å². The average Bonchev–Trinajstić information content (AvgIpc) is 3.18. The molecule has 5 nitrogen and oxygen atoms in total. The highest BCUT2D eigenvalue weighted by Crippen LogP contribution is 2.21. The van der Waals surface area contributed by atoms with Gasteiger partial charge in [-0.3, -0.25) is 4.79 Å². The molecule has 0 aliphatic rings. The van der Waals surface area contributed by atoms with E-state index < -0.39 is 15.8 Å². The third kappa shape index (κ3) is 6.03. The molecule has 0 bridgehead atoms. The fourth-order valence-electron chi connectivity index (χ4n) is 3.32. The van der Waals surface area contributed by atoms with E-state index in [1.165, 1.54) is 16.4 Å². The van der Waals surface area contributed by atoms with E-state index in [1.54, 1.807) is 16.2 Å². The Morgan fingerprint density at radius 3 is 2.28 bits per heavy atom. The van der Waals surface area contributed by atoms with E-state index in [1.807, 2.05) is 55.6 Å². The van der Waals surface area contributed by atoms with Crippen molar-refractivity contribution in [3.8, 4) is 0 Å². The molecule has 0 N–H and O–H groups in total. The van der Waals surface area contributed by atoms with E-state index >= 15 is 0 Å². The summed E-state index contributed by atoms with van der Waals surface area (Å²) in [6.07, 6.45) is 0.552. The SMILES string of the molecule is CCCN(CC(=O)N(Cc1ccccc1)Cc1sccc1C)S(=O)(=O)c1ccc(F)cc1. The quantitative estimate of drug-likeness (QED) is 0.423. The van der Waals surface area contributed by atoms with Crippen molar-refractivity contribution < 1.29 is 17.6 Å². The zero-order chi connectivity index (χ0) is 23.1. The summed E-state index contributed by atoms with van der Waals surface area (Å²) in [5, 5.41) is 1.98. The Morgan fingerprint density at radius 1 is 1.00 bits per heavy atom. The highest BCUT2D eigenvalue weighted by Gasteiger charge is 2.28. The van der Waals surface area contributed by atoms with Crippen LogP contribution in [0.2, 0.25) is 0 Å². The van der Waals surface area contributed by atoms with Crippen LogP contribution in [0.5, 0.6) is 0 Å². The van der Waals surface area contributed by atoms with Crippen molar-refractivity contribution in [3.05, 3.63) is 87.9 Å². The Kier molecular flexibility index (Phi) is 8.17. The van der Waals surface area contributed by atoms with Gasteiger partial charge >= 0.3 is 0 Å². The lowest BCUT2D eigenvalue weighted by Gasteiger charge is -2.27. The van der Waals surface area contributed by atoms with Crippen LogP contribution in [0.3, 0.4) is 0 Å². The maximum atomic E-state index is 13.4. The van der Waals surface area contributed by atoms with Gasteiger partial charge in [0.25, 0.3) is 0 Å². The molecule has 32 heavy (non-hydrogen) atoms. The Hall–Kier alpha value is -2.55. The third-order valence-corrected chi connectivity index (χ3v) is 7.97. The predicted molar refractivity (Wildman–Crippen MR) is 125 cm³/mol. The summed E-state index contributed by atoms with van der Waals surface area (Å²) < 4.78 is 40.8. The first-order valence-electron chi connectivity index (χ1n) is 10.4. The third-order valence-electron chi connectivity index (χ3n) is 5.11. The molecular formula is C24H27FN2O3S2. The molecule has 0 unspecified atom stereocenters. The molecule has 3 aromatic rings. The lowest BCUT2D eigenvalue weighted by atomic mass is 10.2. The molecule has 8 heteroatoms. The topological polar surface area (TPSA) is 57.7 Å². The number of amides is 1. The summed E-state index contributed by atoms with van der Waals surface area (Å²) in [5.74, 6) is -0.789. The van der Waals surface area contributed by atoms with E-state index in [0.29, 0.717) is 19.5 Å². The summed E-state index contributed by atoms with van der Waals surface area (Å²) in [7, 11) is -3.93. The van der Waals surface area contributed by atoms with Crippen LogP contribution in [0.1, 0.15) is 29.3 Å². The first-order chi connectivity index (χ1) is 15.3. The van der Waals surface area contributed by atoms with E-state index in [-0.39, 0.29) is 23.9 Å². The standard InChI is InChI=1S/C24H27FN2O3S2/c1-3-14-27(32(29,30)22-11-9-21(25)10-12-22)18-24(28)26(16-20-7-5-4-6-8-20)17-23-19(2)13-15-31-23/h4-13,15H,3,14,16-18H2,1-2H3. The molecule has 1 heterocycles. The molecule has 0 spiro atoms. The molecule has 0 aliphatic heterocycles. The first kappa shape index (κ1) is 24.1. The molecule has 170 valence electrons. The van der Waals surface area contributed by atoms with E-state index in [2.05, 4.69) is 0 Å². The minimum absolute atomic E-state index is 0.0242. The summed E-state index contributed by atoms with van der Waals surface area (Å²) in [5.41, 5.74) is 2.07. The van der Waals surface area contributed by atoms with Gasteiger partial charge in [0.05, 0.1) is 18.0 Å². The fraction of sp³-hybridized carbons (Fsp3) is 0.292. The van der Waals surface area contributed by atoms with Crippen molar-refractivity contribution >= 4 is 27.3 Å². The molecule has 0 fully saturated rings. The Balaban J connectivity index is 1.85. The predicted octanol–water partition coefficient (Wildman–Crippen LogP) is 4.83. The van der Waals surface area contributed by atoms with E-state index in [4.69, 9.17) is 0 Å². The lowest BCUT2D eigenvalue weighted by Crippen LogP contribution is -2.42. The average molecular weight is 475 g/mol. The zero-order valence-electron chi connectivity index (χ0n) is 18.2. The van der Waals surface area contributed by atoms with Gasteiger partial charge in [-0.2, -0.15) is 4.31 Å². The molecule has 2 aromatic carbocycles. The molecule has 1 amide bonds. The normalized spacial score (nSPS) is 11.6. The number of hydrogen-bond acceptors (Lipinski definition) is 4. The van der Waals surface area contributed by atoms with Crippen LogP contribution in [0.15, 0.2) is 70.9 Å².